The van der Waals surface area contributed by atoms with Crippen LogP contribution in [0.5, 0.6) is 5.75 Å². The molecule has 3 atom stereocenters. The van der Waals surface area contributed by atoms with Crippen molar-refractivity contribution in [2.45, 2.75) is 71.1 Å². The molecule has 2 aromatic carbocycles. The minimum absolute atomic E-state index is 0.0793. The number of aromatic nitrogens is 1. The summed E-state index contributed by atoms with van der Waals surface area (Å²) >= 11 is 1.57. The molecule has 3 unspecified atom stereocenters. The highest BCUT2D eigenvalue weighted by atomic mass is 32.1. The molecule has 0 radical (unpaired) electrons. The van der Waals surface area contributed by atoms with Crippen LogP contribution in [-0.4, -0.2) is 54.2 Å². The summed E-state index contributed by atoms with van der Waals surface area (Å²) in [5.74, 6) is 0.205. The summed E-state index contributed by atoms with van der Waals surface area (Å²) in [4.78, 5) is 58.6. The first-order chi connectivity index (χ1) is 25.0. The van der Waals surface area contributed by atoms with Crippen molar-refractivity contribution in [3.63, 3.8) is 0 Å². The Morgan fingerprint density at radius 1 is 0.942 bits per heavy atom. The predicted octanol–water partition coefficient (Wildman–Crippen LogP) is 7.39. The van der Waals surface area contributed by atoms with E-state index in [-0.39, 0.29) is 35.4 Å². The van der Waals surface area contributed by atoms with E-state index in [1.54, 1.807) is 80.6 Å². The predicted molar refractivity (Wildman–Crippen MR) is 198 cm³/mol. The lowest BCUT2D eigenvalue weighted by Crippen LogP contribution is -2.39. The Morgan fingerprint density at radius 3 is 2.46 bits per heavy atom. The van der Waals surface area contributed by atoms with E-state index in [0.717, 1.165) is 40.8 Å². The van der Waals surface area contributed by atoms with E-state index in [9.17, 15) is 19.2 Å². The Hall–Kier alpha value is -5.23. The molecule has 1 aliphatic heterocycles. The molecule has 4 aromatic rings. The van der Waals surface area contributed by atoms with Crippen LogP contribution >= 0.6 is 11.3 Å². The van der Waals surface area contributed by atoms with Gasteiger partial charge < -0.3 is 30.2 Å². The number of benzene rings is 2. The van der Waals surface area contributed by atoms with E-state index in [2.05, 4.69) is 27.0 Å². The molecule has 0 saturated heterocycles. The van der Waals surface area contributed by atoms with Gasteiger partial charge >= 0.3 is 12.1 Å². The van der Waals surface area contributed by atoms with Crippen molar-refractivity contribution in [2.24, 2.45) is 11.8 Å². The number of rotatable bonds is 8. The van der Waals surface area contributed by atoms with Crippen molar-refractivity contribution in [3.05, 3.63) is 88.1 Å². The molecule has 3 aliphatic rings. The molecule has 3 N–H and O–H groups in total. The van der Waals surface area contributed by atoms with Crippen molar-refractivity contribution in [2.75, 3.05) is 19.0 Å². The number of anilines is 1. The number of fused-ring (bicyclic) bond motifs is 5. The minimum atomic E-state index is -0.733. The number of hydrogen-bond donors (Lipinski definition) is 3. The van der Waals surface area contributed by atoms with Gasteiger partial charge in [0.25, 0.3) is 11.8 Å². The number of carbonyl (C=O) groups is 4. The molecule has 0 spiro atoms. The fourth-order valence-corrected chi connectivity index (χ4v) is 8.42. The summed E-state index contributed by atoms with van der Waals surface area (Å²) in [6, 6.07) is 16.0. The van der Waals surface area contributed by atoms with Crippen LogP contribution in [-0.2, 0) is 22.4 Å². The first-order valence-corrected chi connectivity index (χ1v) is 18.5. The molecule has 7 rings (SSSR count). The quantitative estimate of drug-likeness (QED) is 0.160. The van der Waals surface area contributed by atoms with Crippen molar-refractivity contribution >= 4 is 40.9 Å². The van der Waals surface area contributed by atoms with Crippen LogP contribution in [0.2, 0.25) is 0 Å². The molecule has 2 saturated carbocycles. The topological polar surface area (TPSA) is 145 Å². The number of nitrogens with zero attached hydrogens (tertiary/aromatic N) is 1. The van der Waals surface area contributed by atoms with Crippen molar-refractivity contribution < 1.29 is 33.4 Å². The molecule has 2 fully saturated rings. The molecule has 2 aliphatic carbocycles. The van der Waals surface area contributed by atoms with Crippen LogP contribution in [0.15, 0.2) is 60.0 Å². The van der Waals surface area contributed by atoms with Gasteiger partial charge in [0.2, 0.25) is 0 Å². The van der Waals surface area contributed by atoms with E-state index < -0.39 is 23.6 Å². The Labute approximate surface area is 306 Å². The zero-order chi connectivity index (χ0) is 36.6. The van der Waals surface area contributed by atoms with Crippen molar-refractivity contribution in [1.29, 1.82) is 0 Å². The second-order valence-corrected chi connectivity index (χ2v) is 15.5. The molecule has 2 aromatic heterocycles. The van der Waals surface area contributed by atoms with Gasteiger partial charge in [-0.25, -0.2) is 14.6 Å². The third-order valence-electron chi connectivity index (χ3n) is 9.88. The third kappa shape index (κ3) is 7.52. The second-order valence-electron chi connectivity index (χ2n) is 14.6. The van der Waals surface area contributed by atoms with Crippen LogP contribution in [0.1, 0.15) is 88.9 Å². The third-order valence-corrected chi connectivity index (χ3v) is 10.9. The number of methoxy groups -OCH3 is 1. The van der Waals surface area contributed by atoms with Gasteiger partial charge in [0, 0.05) is 51.8 Å². The molecule has 52 heavy (non-hydrogen) atoms. The van der Waals surface area contributed by atoms with E-state index >= 15 is 0 Å². The van der Waals surface area contributed by atoms with Crippen LogP contribution in [0, 0.1) is 11.8 Å². The van der Waals surface area contributed by atoms with Crippen molar-refractivity contribution in [1.82, 2.24) is 15.6 Å². The summed E-state index contributed by atoms with van der Waals surface area (Å²) in [6.07, 6.45) is 4.61. The maximum atomic E-state index is 14.2. The number of amides is 3. The van der Waals surface area contributed by atoms with Gasteiger partial charge in [0.05, 0.1) is 13.7 Å². The fraction of sp³-hybridized carbons (Fsp3) is 0.375. The summed E-state index contributed by atoms with van der Waals surface area (Å²) in [7, 11) is 1.26. The lowest BCUT2D eigenvalue weighted by Gasteiger charge is -2.23. The van der Waals surface area contributed by atoms with Gasteiger partial charge in [-0.1, -0.05) is 18.6 Å². The first-order valence-electron chi connectivity index (χ1n) is 17.6. The van der Waals surface area contributed by atoms with Crippen LogP contribution < -0.4 is 20.7 Å². The number of esters is 1. The highest BCUT2D eigenvalue weighted by molar-refractivity contribution is 7.13. The van der Waals surface area contributed by atoms with Crippen LogP contribution in [0.3, 0.4) is 0 Å². The highest BCUT2D eigenvalue weighted by Crippen LogP contribution is 2.45. The Morgan fingerprint density at radius 2 is 1.75 bits per heavy atom. The van der Waals surface area contributed by atoms with E-state index in [1.807, 2.05) is 5.38 Å². The summed E-state index contributed by atoms with van der Waals surface area (Å²) in [6.45, 7) is 6.09. The Kier molecular flexibility index (Phi) is 9.76. The molecule has 12 heteroatoms. The maximum Gasteiger partial charge on any atom is 0.407 e. The van der Waals surface area contributed by atoms with E-state index in [0.29, 0.717) is 47.4 Å². The molecule has 3 amide bonds. The number of thiophene rings is 1. The SMILES string of the molecule is COC(=O)c1nc(C(=O)NC2CC3CCC2C3)ccc1-c1cc2c(cc1C(=O)Nc1ccc(CNC(=O)OC(C)(C)C)cc1)-c1sccc1CCO2. The van der Waals surface area contributed by atoms with Crippen LogP contribution in [0.25, 0.3) is 21.6 Å². The summed E-state index contributed by atoms with van der Waals surface area (Å²) < 4.78 is 16.7. The van der Waals surface area contributed by atoms with E-state index in [4.69, 9.17) is 14.2 Å². The minimum Gasteiger partial charge on any atom is -0.493 e. The fourth-order valence-electron chi connectivity index (χ4n) is 7.44. The Bertz CT molecular complexity index is 2030. The zero-order valence-electron chi connectivity index (χ0n) is 29.7. The molecular weight excluding hydrogens is 681 g/mol. The van der Waals surface area contributed by atoms with Crippen molar-refractivity contribution in [3.8, 4) is 27.3 Å². The number of carbonyl (C=O) groups excluding carboxylic acids is 4. The number of nitrogens with one attached hydrogen (secondary N) is 3. The molecule has 2 bridgehead atoms. The van der Waals surface area contributed by atoms with Crippen LogP contribution in [0.4, 0.5) is 10.5 Å². The number of ether oxygens (including phenoxy) is 3. The smallest absolute Gasteiger partial charge is 0.407 e. The number of pyridine rings is 1. The van der Waals surface area contributed by atoms with Gasteiger partial charge in [-0.3, -0.25) is 9.59 Å². The molecule has 11 nitrogen and oxygen atoms in total. The summed E-state index contributed by atoms with van der Waals surface area (Å²) in [5, 5.41) is 10.9. The normalized spacial score (nSPS) is 18.7. The monoisotopic (exact) mass is 722 g/mol. The maximum absolute atomic E-state index is 14.2. The van der Waals surface area contributed by atoms with Gasteiger partial charge in [0.15, 0.2) is 5.69 Å². The number of hydrogen-bond acceptors (Lipinski definition) is 9. The van der Waals surface area contributed by atoms with E-state index in [1.165, 1.54) is 13.5 Å². The second kappa shape index (κ2) is 14.4. The largest absolute Gasteiger partial charge is 0.493 e. The highest BCUT2D eigenvalue weighted by Gasteiger charge is 2.40. The molecular formula is C40H42N4O7S. The number of alkyl carbamates (subject to hydrolysis) is 1. The first kappa shape index (κ1) is 35.2. The van der Waals surface area contributed by atoms with Gasteiger partial charge in [-0.2, -0.15) is 0 Å². The zero-order valence-corrected chi connectivity index (χ0v) is 30.5. The Balaban J connectivity index is 1.21. The van der Waals surface area contributed by atoms with Gasteiger partial charge in [-0.05, 0) is 111 Å². The lowest BCUT2D eigenvalue weighted by atomic mass is 9.93. The summed E-state index contributed by atoms with van der Waals surface area (Å²) in [5.41, 5.74) is 3.68. The average Bonchev–Trinajstić information content (AvgIpc) is 3.86. The van der Waals surface area contributed by atoms with Gasteiger partial charge in [-0.15, -0.1) is 11.3 Å². The molecule has 3 heterocycles. The standard InChI is InChI=1S/C40H42N4O7S/c1-40(2,3)51-39(48)41-21-22-6-9-26(10-7-22)42-36(45)29-19-30-33(50-15-13-24-14-16-52-35(24)30)20-28(29)27-11-12-31(43-34(27)38(47)49-4)37(46)44-32-18-23-5-8-25(32)17-23/h6-7,9-12,14,16,19-20,23,25,32H,5,8,13,15,17-18,21H2,1-4H3,(H,41,48)(H,42,45)(H,44,46). The average molecular weight is 723 g/mol. The molecule has 270 valence electrons. The van der Waals surface area contributed by atoms with Gasteiger partial charge in [0.1, 0.15) is 17.0 Å². The lowest BCUT2D eigenvalue weighted by molar-refractivity contribution is 0.0522.